The van der Waals surface area contributed by atoms with Gasteiger partial charge in [0.15, 0.2) is 17.2 Å². The lowest BCUT2D eigenvalue weighted by molar-refractivity contribution is -0.129. The molecule has 1 atom stereocenters. The van der Waals surface area contributed by atoms with E-state index in [1.807, 2.05) is 0 Å². The van der Waals surface area contributed by atoms with E-state index in [-0.39, 0.29) is 5.69 Å². The molecule has 9 nitrogen and oxygen atoms in total. The summed E-state index contributed by atoms with van der Waals surface area (Å²) in [7, 11) is 4.44. The van der Waals surface area contributed by atoms with Crippen molar-refractivity contribution in [2.24, 2.45) is 0 Å². The number of hydrogen-bond acceptors (Lipinski definition) is 8. The molecule has 0 spiro atoms. The van der Waals surface area contributed by atoms with Gasteiger partial charge in [-0.25, -0.2) is 14.6 Å². The highest BCUT2D eigenvalue weighted by molar-refractivity contribution is 7.13. The Bertz CT molecular complexity index is 1120. The van der Waals surface area contributed by atoms with Crippen LogP contribution >= 0.6 is 11.3 Å². The smallest absolute Gasteiger partial charge is 0.358 e. The summed E-state index contributed by atoms with van der Waals surface area (Å²) in [5, 5.41) is 6.51. The van der Waals surface area contributed by atoms with Gasteiger partial charge in [0.2, 0.25) is 6.10 Å². The first-order chi connectivity index (χ1) is 15.5. The van der Waals surface area contributed by atoms with Gasteiger partial charge >= 0.3 is 12.0 Å². The zero-order chi connectivity index (χ0) is 23.1. The number of imide groups is 1. The highest BCUT2D eigenvalue weighted by atomic mass is 32.1. The highest BCUT2D eigenvalue weighted by Gasteiger charge is 2.28. The lowest BCUT2D eigenvalue weighted by Crippen LogP contribution is -2.41. The number of carbonyl (C=O) groups excluding carboxylic acids is 3. The van der Waals surface area contributed by atoms with Crippen LogP contribution in [0, 0.1) is 0 Å². The molecule has 3 aromatic rings. The number of carbonyl (C=O) groups is 3. The molecule has 1 aromatic heterocycles. The molecule has 3 amide bonds. The van der Waals surface area contributed by atoms with Crippen LogP contribution in [0.3, 0.4) is 0 Å². The summed E-state index contributed by atoms with van der Waals surface area (Å²) in [6.07, 6.45) is -1.33. The number of esters is 1. The molecule has 166 valence electrons. The first kappa shape index (κ1) is 22.8. The van der Waals surface area contributed by atoms with Gasteiger partial charge in [-0.15, -0.1) is 11.3 Å². The Kier molecular flexibility index (Phi) is 7.40. The number of nitrogens with one attached hydrogen (secondary N) is 2. The number of thiazole rings is 1. The Hall–Kier alpha value is -3.92. The van der Waals surface area contributed by atoms with Crippen LogP contribution in [-0.2, 0) is 9.53 Å². The summed E-state index contributed by atoms with van der Waals surface area (Å²) < 4.78 is 16.0. The van der Waals surface area contributed by atoms with E-state index in [0.717, 1.165) is 5.56 Å². The van der Waals surface area contributed by atoms with Gasteiger partial charge in [0.25, 0.3) is 5.91 Å². The fraction of sp³-hybridized carbons (Fsp3) is 0.182. The summed E-state index contributed by atoms with van der Waals surface area (Å²) in [5.41, 5.74) is 1.18. The average molecular weight is 455 g/mol. The number of urea groups is 1. The minimum atomic E-state index is -1.33. The number of aromatic nitrogens is 1. The quantitative estimate of drug-likeness (QED) is 0.526. The second kappa shape index (κ2) is 10.4. The summed E-state index contributed by atoms with van der Waals surface area (Å²) in [6.45, 7) is 0. The highest BCUT2D eigenvalue weighted by Crippen LogP contribution is 2.33. The molecule has 0 aliphatic carbocycles. The summed E-state index contributed by atoms with van der Waals surface area (Å²) >= 11 is 1.24. The van der Waals surface area contributed by atoms with E-state index in [1.54, 1.807) is 55.6 Å². The van der Waals surface area contributed by atoms with Crippen LogP contribution in [-0.4, -0.2) is 44.2 Å². The third-order valence-corrected chi connectivity index (χ3v) is 5.26. The number of rotatable bonds is 7. The molecule has 0 saturated carbocycles. The normalized spacial score (nSPS) is 11.2. The standard InChI is InChI=1S/C22H21N3O6S/c1-23-22(28)25-19(26)18(13-7-5-4-6-8-13)31-21(27)15-12-32-20(24-15)14-9-10-16(29-2)17(11-14)30-3/h4-12,18H,1-3H3,(H2,23,25,26,28). The van der Waals surface area contributed by atoms with Crippen LogP contribution in [0.25, 0.3) is 10.6 Å². The third-order valence-electron chi connectivity index (χ3n) is 4.37. The predicted octanol–water partition coefficient (Wildman–Crippen LogP) is 3.18. The molecule has 3 rings (SSSR count). The fourth-order valence-electron chi connectivity index (χ4n) is 2.78. The second-order valence-corrected chi connectivity index (χ2v) is 7.23. The molecule has 1 unspecified atom stereocenters. The number of hydrogen-bond donors (Lipinski definition) is 2. The van der Waals surface area contributed by atoms with Gasteiger partial charge in [0, 0.05) is 23.6 Å². The van der Waals surface area contributed by atoms with E-state index in [1.165, 1.54) is 30.9 Å². The predicted molar refractivity (Wildman–Crippen MR) is 118 cm³/mol. The molecule has 0 fully saturated rings. The van der Waals surface area contributed by atoms with Crippen molar-refractivity contribution in [1.82, 2.24) is 15.6 Å². The third kappa shape index (κ3) is 5.22. The van der Waals surface area contributed by atoms with Crippen LogP contribution in [0.2, 0.25) is 0 Å². The Morgan fingerprint density at radius 2 is 1.72 bits per heavy atom. The van der Waals surface area contributed by atoms with Crippen LogP contribution in [0.4, 0.5) is 4.79 Å². The molecular weight excluding hydrogens is 434 g/mol. The van der Waals surface area contributed by atoms with Crippen molar-refractivity contribution in [2.75, 3.05) is 21.3 Å². The lowest BCUT2D eigenvalue weighted by atomic mass is 10.1. The van der Waals surface area contributed by atoms with Crippen molar-refractivity contribution in [3.05, 3.63) is 65.2 Å². The largest absolute Gasteiger partial charge is 0.493 e. The Labute approximate surface area is 188 Å². The number of methoxy groups -OCH3 is 2. The van der Waals surface area contributed by atoms with E-state index >= 15 is 0 Å². The lowest BCUT2D eigenvalue weighted by Gasteiger charge is -2.16. The number of ether oxygens (including phenoxy) is 3. The van der Waals surface area contributed by atoms with Gasteiger partial charge in [-0.3, -0.25) is 10.1 Å². The fourth-order valence-corrected chi connectivity index (χ4v) is 3.56. The van der Waals surface area contributed by atoms with Crippen molar-refractivity contribution >= 4 is 29.2 Å². The van der Waals surface area contributed by atoms with E-state index in [2.05, 4.69) is 15.6 Å². The number of nitrogens with zero attached hydrogens (tertiary/aromatic N) is 1. The summed E-state index contributed by atoms with van der Waals surface area (Å²) in [4.78, 5) is 41.2. The Balaban J connectivity index is 1.82. The van der Waals surface area contributed by atoms with Gasteiger partial charge in [-0.1, -0.05) is 30.3 Å². The molecule has 1 heterocycles. The SMILES string of the molecule is CNC(=O)NC(=O)C(OC(=O)c1csc(-c2ccc(OC)c(OC)c2)n1)c1ccccc1. The Morgan fingerprint density at radius 1 is 1.00 bits per heavy atom. The second-order valence-electron chi connectivity index (χ2n) is 6.37. The molecule has 0 bridgehead atoms. The molecule has 0 radical (unpaired) electrons. The van der Waals surface area contributed by atoms with Gasteiger partial charge < -0.3 is 19.5 Å². The molecule has 2 aromatic carbocycles. The number of amides is 3. The molecular formula is C22H21N3O6S. The maximum Gasteiger partial charge on any atom is 0.358 e. The first-order valence-corrected chi connectivity index (χ1v) is 10.3. The Morgan fingerprint density at radius 3 is 2.38 bits per heavy atom. The van der Waals surface area contributed by atoms with Gasteiger partial charge in [0.05, 0.1) is 14.2 Å². The number of benzene rings is 2. The van der Waals surface area contributed by atoms with Crippen molar-refractivity contribution < 1.29 is 28.6 Å². The molecule has 2 N–H and O–H groups in total. The maximum atomic E-state index is 12.8. The van der Waals surface area contributed by atoms with E-state index < -0.39 is 24.0 Å². The summed E-state index contributed by atoms with van der Waals surface area (Å²) in [5.74, 6) is -0.479. The minimum Gasteiger partial charge on any atom is -0.493 e. The first-order valence-electron chi connectivity index (χ1n) is 9.43. The van der Waals surface area contributed by atoms with E-state index in [0.29, 0.717) is 22.1 Å². The molecule has 0 aliphatic rings. The molecule has 32 heavy (non-hydrogen) atoms. The van der Waals surface area contributed by atoms with Crippen molar-refractivity contribution in [2.45, 2.75) is 6.10 Å². The van der Waals surface area contributed by atoms with E-state index in [9.17, 15) is 14.4 Å². The van der Waals surface area contributed by atoms with Crippen molar-refractivity contribution in [1.29, 1.82) is 0 Å². The minimum absolute atomic E-state index is 0.0356. The topological polar surface area (TPSA) is 116 Å². The van der Waals surface area contributed by atoms with Gasteiger partial charge in [-0.05, 0) is 18.2 Å². The zero-order valence-electron chi connectivity index (χ0n) is 17.6. The van der Waals surface area contributed by atoms with Crippen LogP contribution < -0.4 is 20.1 Å². The summed E-state index contributed by atoms with van der Waals surface area (Å²) in [6, 6.07) is 13.0. The average Bonchev–Trinajstić information content (AvgIpc) is 3.32. The molecule has 0 aliphatic heterocycles. The maximum absolute atomic E-state index is 12.8. The van der Waals surface area contributed by atoms with E-state index in [4.69, 9.17) is 14.2 Å². The zero-order valence-corrected chi connectivity index (χ0v) is 18.4. The molecule has 0 saturated heterocycles. The monoisotopic (exact) mass is 455 g/mol. The van der Waals surface area contributed by atoms with Crippen LogP contribution in [0.1, 0.15) is 22.2 Å². The van der Waals surface area contributed by atoms with Crippen molar-refractivity contribution in [3.63, 3.8) is 0 Å². The van der Waals surface area contributed by atoms with Gasteiger partial charge in [0.1, 0.15) is 5.01 Å². The van der Waals surface area contributed by atoms with Gasteiger partial charge in [-0.2, -0.15) is 0 Å². The van der Waals surface area contributed by atoms with Crippen molar-refractivity contribution in [3.8, 4) is 22.1 Å². The van der Waals surface area contributed by atoms with Crippen LogP contribution in [0.15, 0.2) is 53.9 Å². The molecule has 10 heteroatoms. The van der Waals surface area contributed by atoms with Crippen LogP contribution in [0.5, 0.6) is 11.5 Å².